The van der Waals surface area contributed by atoms with Crippen LogP contribution in [0.15, 0.2) is 0 Å². The van der Waals surface area contributed by atoms with E-state index in [0.29, 0.717) is 6.04 Å². The molecule has 2 aliphatic heterocycles. The van der Waals surface area contributed by atoms with E-state index in [4.69, 9.17) is 0 Å². The molecule has 2 heterocycles. The Hall–Kier alpha value is -0.610. The molecule has 0 radical (unpaired) electrons. The van der Waals surface area contributed by atoms with Crippen molar-refractivity contribution in [1.82, 2.24) is 15.5 Å². The van der Waals surface area contributed by atoms with Crippen LogP contribution in [0.2, 0.25) is 0 Å². The molecule has 4 heteroatoms. The molecule has 0 aromatic rings. The van der Waals surface area contributed by atoms with Gasteiger partial charge in [0.1, 0.15) is 0 Å². The zero-order chi connectivity index (χ0) is 12.8. The highest BCUT2D eigenvalue weighted by atomic mass is 16.2. The maximum atomic E-state index is 12.1. The summed E-state index contributed by atoms with van der Waals surface area (Å²) in [5.74, 6) is 0.249. The van der Waals surface area contributed by atoms with E-state index < -0.39 is 0 Å². The zero-order valence-electron chi connectivity index (χ0n) is 11.6. The molecule has 2 rings (SSSR count). The van der Waals surface area contributed by atoms with Crippen LogP contribution in [0.25, 0.3) is 0 Å². The second kappa shape index (κ2) is 7.10. The number of carbonyl (C=O) groups is 1. The van der Waals surface area contributed by atoms with Crippen LogP contribution in [0, 0.1) is 0 Å². The van der Waals surface area contributed by atoms with Crippen LogP contribution in [-0.2, 0) is 4.79 Å². The third kappa shape index (κ3) is 3.69. The molecule has 18 heavy (non-hydrogen) atoms. The number of rotatable bonds is 5. The van der Waals surface area contributed by atoms with Crippen molar-refractivity contribution in [3.8, 4) is 0 Å². The van der Waals surface area contributed by atoms with Crippen molar-refractivity contribution in [3.05, 3.63) is 0 Å². The van der Waals surface area contributed by atoms with Crippen LogP contribution >= 0.6 is 0 Å². The molecular formula is C14H27N3O. The molecule has 2 unspecified atom stereocenters. The van der Waals surface area contributed by atoms with E-state index in [0.717, 1.165) is 45.4 Å². The Morgan fingerprint density at radius 3 is 2.83 bits per heavy atom. The molecule has 0 aliphatic carbocycles. The molecule has 0 saturated carbocycles. The summed E-state index contributed by atoms with van der Waals surface area (Å²) < 4.78 is 0. The number of nitrogens with one attached hydrogen (secondary N) is 2. The monoisotopic (exact) mass is 253 g/mol. The first-order chi connectivity index (χ1) is 8.81. The molecule has 2 saturated heterocycles. The Morgan fingerprint density at radius 2 is 2.11 bits per heavy atom. The second-order valence-corrected chi connectivity index (χ2v) is 5.59. The van der Waals surface area contributed by atoms with Gasteiger partial charge in [-0.2, -0.15) is 0 Å². The molecular weight excluding hydrogens is 226 g/mol. The van der Waals surface area contributed by atoms with Crippen molar-refractivity contribution in [2.45, 2.75) is 57.5 Å². The maximum absolute atomic E-state index is 12.1. The lowest BCUT2D eigenvalue weighted by Crippen LogP contribution is -2.50. The predicted octanol–water partition coefficient (Wildman–Crippen LogP) is 1.12. The van der Waals surface area contributed by atoms with E-state index in [1.54, 1.807) is 0 Å². The Bertz CT molecular complexity index is 264. The van der Waals surface area contributed by atoms with E-state index in [9.17, 15) is 4.79 Å². The van der Waals surface area contributed by atoms with Gasteiger partial charge in [-0.15, -0.1) is 0 Å². The molecule has 2 aliphatic rings. The Morgan fingerprint density at radius 1 is 1.22 bits per heavy atom. The van der Waals surface area contributed by atoms with Crippen LogP contribution in [-0.4, -0.2) is 49.1 Å². The van der Waals surface area contributed by atoms with Gasteiger partial charge in [-0.25, -0.2) is 0 Å². The molecule has 0 spiro atoms. The van der Waals surface area contributed by atoms with Gasteiger partial charge in [-0.1, -0.05) is 6.92 Å². The minimum absolute atomic E-state index is 0.106. The summed E-state index contributed by atoms with van der Waals surface area (Å²) in [6.07, 6.45) is 6.98. The van der Waals surface area contributed by atoms with Gasteiger partial charge >= 0.3 is 0 Å². The summed E-state index contributed by atoms with van der Waals surface area (Å²) >= 11 is 0. The molecule has 4 nitrogen and oxygen atoms in total. The number of hydrogen-bond donors (Lipinski definition) is 2. The van der Waals surface area contributed by atoms with E-state index in [-0.39, 0.29) is 11.9 Å². The first-order valence-corrected chi connectivity index (χ1v) is 7.56. The quantitative estimate of drug-likeness (QED) is 0.772. The molecule has 2 N–H and O–H groups in total. The van der Waals surface area contributed by atoms with Crippen LogP contribution in [0.5, 0.6) is 0 Å². The summed E-state index contributed by atoms with van der Waals surface area (Å²) in [6, 6.07) is 0.697. The number of nitrogens with zero attached hydrogens (tertiary/aromatic N) is 1. The van der Waals surface area contributed by atoms with Gasteiger partial charge in [-0.3, -0.25) is 9.69 Å². The lowest BCUT2D eigenvalue weighted by atomic mass is 10.1. The summed E-state index contributed by atoms with van der Waals surface area (Å²) in [7, 11) is 0. The van der Waals surface area contributed by atoms with Gasteiger partial charge in [0, 0.05) is 19.1 Å². The topological polar surface area (TPSA) is 44.4 Å². The van der Waals surface area contributed by atoms with E-state index in [1.165, 1.54) is 19.3 Å². The standard InChI is InChI=1S/C14H27N3O/c1-2-10-17(11-12-6-5-9-15-12)13-7-3-4-8-16-14(13)18/h12-13,15H,2-11H2,1H3,(H,16,18). The normalized spacial score (nSPS) is 29.3. The smallest absolute Gasteiger partial charge is 0.237 e. The van der Waals surface area contributed by atoms with Gasteiger partial charge in [0.2, 0.25) is 5.91 Å². The highest BCUT2D eigenvalue weighted by Crippen LogP contribution is 2.16. The minimum Gasteiger partial charge on any atom is -0.355 e. The summed E-state index contributed by atoms with van der Waals surface area (Å²) in [5, 5.41) is 6.60. The largest absolute Gasteiger partial charge is 0.355 e. The molecule has 2 fully saturated rings. The number of amides is 1. The van der Waals surface area contributed by atoms with Crippen LogP contribution in [0.3, 0.4) is 0 Å². The average Bonchev–Trinajstić information content (AvgIpc) is 2.77. The van der Waals surface area contributed by atoms with Gasteiger partial charge < -0.3 is 10.6 Å². The molecule has 104 valence electrons. The SMILES string of the molecule is CCCN(CC1CCCN1)C1CCCCNC1=O. The fourth-order valence-corrected chi connectivity index (χ4v) is 3.13. The Balaban J connectivity index is 1.95. The number of carbonyl (C=O) groups excluding carboxylic acids is 1. The van der Waals surface area contributed by atoms with E-state index >= 15 is 0 Å². The predicted molar refractivity (Wildman–Crippen MR) is 73.5 cm³/mol. The molecule has 2 atom stereocenters. The van der Waals surface area contributed by atoms with Crippen LogP contribution in [0.4, 0.5) is 0 Å². The van der Waals surface area contributed by atoms with Gasteiger partial charge in [-0.05, 0) is 51.6 Å². The van der Waals surface area contributed by atoms with Gasteiger partial charge in [0.25, 0.3) is 0 Å². The highest BCUT2D eigenvalue weighted by Gasteiger charge is 2.29. The lowest BCUT2D eigenvalue weighted by Gasteiger charge is -2.31. The van der Waals surface area contributed by atoms with Crippen molar-refractivity contribution in [3.63, 3.8) is 0 Å². The maximum Gasteiger partial charge on any atom is 0.237 e. The Kier molecular flexibility index (Phi) is 5.45. The van der Waals surface area contributed by atoms with Crippen molar-refractivity contribution < 1.29 is 4.79 Å². The minimum atomic E-state index is 0.106. The van der Waals surface area contributed by atoms with E-state index in [1.807, 2.05) is 0 Å². The van der Waals surface area contributed by atoms with E-state index in [2.05, 4.69) is 22.5 Å². The average molecular weight is 253 g/mol. The first-order valence-electron chi connectivity index (χ1n) is 7.56. The third-order valence-electron chi connectivity index (χ3n) is 4.08. The van der Waals surface area contributed by atoms with Crippen LogP contribution in [0.1, 0.15) is 45.4 Å². The first kappa shape index (κ1) is 13.8. The highest BCUT2D eigenvalue weighted by molar-refractivity contribution is 5.81. The summed E-state index contributed by atoms with van der Waals surface area (Å²) in [6.45, 7) is 6.27. The van der Waals surface area contributed by atoms with Crippen molar-refractivity contribution in [1.29, 1.82) is 0 Å². The third-order valence-corrected chi connectivity index (χ3v) is 4.08. The van der Waals surface area contributed by atoms with Crippen molar-refractivity contribution in [2.75, 3.05) is 26.2 Å². The Labute approximate surface area is 110 Å². The molecule has 0 bridgehead atoms. The van der Waals surface area contributed by atoms with Gasteiger partial charge in [0.15, 0.2) is 0 Å². The van der Waals surface area contributed by atoms with Crippen LogP contribution < -0.4 is 10.6 Å². The van der Waals surface area contributed by atoms with Crippen molar-refractivity contribution >= 4 is 5.91 Å². The second-order valence-electron chi connectivity index (χ2n) is 5.59. The molecule has 0 aromatic carbocycles. The van der Waals surface area contributed by atoms with Crippen molar-refractivity contribution in [2.24, 2.45) is 0 Å². The molecule has 1 amide bonds. The summed E-state index contributed by atoms with van der Waals surface area (Å²) in [5.41, 5.74) is 0. The van der Waals surface area contributed by atoms with Gasteiger partial charge in [0.05, 0.1) is 6.04 Å². The lowest BCUT2D eigenvalue weighted by molar-refractivity contribution is -0.126. The number of hydrogen-bond acceptors (Lipinski definition) is 3. The fourth-order valence-electron chi connectivity index (χ4n) is 3.13. The fraction of sp³-hybridized carbons (Fsp3) is 0.929. The summed E-state index contributed by atoms with van der Waals surface area (Å²) in [4.78, 5) is 14.5. The molecule has 0 aromatic heterocycles. The zero-order valence-corrected chi connectivity index (χ0v) is 11.6.